The Labute approximate surface area is 166 Å². The van der Waals surface area contributed by atoms with E-state index in [1.165, 1.54) is 22.4 Å². The number of ether oxygens (including phenoxy) is 1. The molecular weight excluding hydrogens is 354 g/mol. The highest BCUT2D eigenvalue weighted by Gasteiger charge is 2.32. The van der Waals surface area contributed by atoms with Crippen molar-refractivity contribution in [3.63, 3.8) is 0 Å². The van der Waals surface area contributed by atoms with Gasteiger partial charge in [0.05, 0.1) is 7.11 Å². The van der Waals surface area contributed by atoms with Crippen LogP contribution in [0, 0.1) is 5.92 Å². The van der Waals surface area contributed by atoms with E-state index < -0.39 is 0 Å². The van der Waals surface area contributed by atoms with Gasteiger partial charge >= 0.3 is 0 Å². The fourth-order valence-electron chi connectivity index (χ4n) is 4.19. The topological polar surface area (TPSA) is 12.5 Å². The molecule has 0 spiro atoms. The van der Waals surface area contributed by atoms with E-state index in [4.69, 9.17) is 16.3 Å². The largest absolute Gasteiger partial charge is 0.497 e. The van der Waals surface area contributed by atoms with Gasteiger partial charge < -0.3 is 9.64 Å². The third-order valence-electron chi connectivity index (χ3n) is 5.43. The SMILES string of the molecule is COc1ccc([C@@H]2c3cc(Cl)ccc3N(Cc3ccccc3)C[C@H]2C)cc1. The van der Waals surface area contributed by atoms with Crippen LogP contribution in [0.4, 0.5) is 5.69 Å². The van der Waals surface area contributed by atoms with Gasteiger partial charge in [0.2, 0.25) is 0 Å². The average Bonchev–Trinajstić information content (AvgIpc) is 2.69. The zero-order valence-electron chi connectivity index (χ0n) is 15.7. The van der Waals surface area contributed by atoms with Crippen molar-refractivity contribution in [3.05, 3.63) is 94.5 Å². The summed E-state index contributed by atoms with van der Waals surface area (Å²) in [7, 11) is 1.70. The van der Waals surface area contributed by atoms with E-state index in [2.05, 4.69) is 66.4 Å². The molecule has 27 heavy (non-hydrogen) atoms. The molecule has 0 amide bonds. The first-order valence-electron chi connectivity index (χ1n) is 9.38. The molecule has 0 aliphatic carbocycles. The number of nitrogens with zero attached hydrogens (tertiary/aromatic N) is 1. The molecule has 0 N–H and O–H groups in total. The van der Waals surface area contributed by atoms with Gasteiger partial charge in [-0.25, -0.2) is 0 Å². The summed E-state index contributed by atoms with van der Waals surface area (Å²) in [5.41, 5.74) is 5.23. The third kappa shape index (κ3) is 3.68. The molecule has 3 aromatic carbocycles. The van der Waals surface area contributed by atoms with Crippen LogP contribution in [-0.4, -0.2) is 13.7 Å². The molecule has 1 aliphatic rings. The molecule has 0 fully saturated rings. The average molecular weight is 378 g/mol. The Hall–Kier alpha value is -2.45. The van der Waals surface area contributed by atoms with Crippen LogP contribution in [0.5, 0.6) is 5.75 Å². The van der Waals surface area contributed by atoms with Crippen LogP contribution in [0.25, 0.3) is 0 Å². The van der Waals surface area contributed by atoms with Gasteiger partial charge in [-0.1, -0.05) is 61.0 Å². The van der Waals surface area contributed by atoms with Crippen molar-refractivity contribution in [1.29, 1.82) is 0 Å². The molecule has 4 rings (SSSR count). The standard InChI is InChI=1S/C24H24ClNO/c1-17-15-26(16-18-6-4-3-5-7-18)23-13-10-20(25)14-22(23)24(17)19-8-11-21(27-2)12-9-19/h3-14,17,24H,15-16H2,1-2H3/t17-,24-/m1/s1. The minimum absolute atomic E-state index is 0.330. The van der Waals surface area contributed by atoms with Crippen molar-refractivity contribution in [1.82, 2.24) is 0 Å². The van der Waals surface area contributed by atoms with Crippen LogP contribution in [0.1, 0.15) is 29.5 Å². The van der Waals surface area contributed by atoms with E-state index in [1.807, 2.05) is 18.2 Å². The van der Waals surface area contributed by atoms with Gasteiger partial charge in [-0.15, -0.1) is 0 Å². The van der Waals surface area contributed by atoms with Crippen LogP contribution in [0.3, 0.4) is 0 Å². The highest BCUT2D eigenvalue weighted by Crippen LogP contribution is 2.44. The first-order valence-corrected chi connectivity index (χ1v) is 9.76. The summed E-state index contributed by atoms with van der Waals surface area (Å²) >= 11 is 6.39. The Bertz CT molecular complexity index is 907. The van der Waals surface area contributed by atoms with Gasteiger partial charge in [0.15, 0.2) is 0 Å². The summed E-state index contributed by atoms with van der Waals surface area (Å²) in [6, 6.07) is 25.4. The number of benzene rings is 3. The van der Waals surface area contributed by atoms with Crippen LogP contribution >= 0.6 is 11.6 Å². The first-order chi connectivity index (χ1) is 13.2. The maximum atomic E-state index is 6.39. The van der Waals surface area contributed by atoms with Crippen molar-refractivity contribution < 1.29 is 4.74 Å². The van der Waals surface area contributed by atoms with E-state index >= 15 is 0 Å². The molecule has 3 aromatic rings. The van der Waals surface area contributed by atoms with Crippen LogP contribution in [0.2, 0.25) is 5.02 Å². The molecular formula is C24H24ClNO. The second-order valence-corrected chi connectivity index (χ2v) is 7.73. The van der Waals surface area contributed by atoms with E-state index in [-0.39, 0.29) is 0 Å². The van der Waals surface area contributed by atoms with Crippen LogP contribution in [-0.2, 0) is 6.54 Å². The van der Waals surface area contributed by atoms with Gasteiger partial charge in [0.25, 0.3) is 0 Å². The van der Waals surface area contributed by atoms with Gasteiger partial charge in [-0.05, 0) is 52.9 Å². The van der Waals surface area contributed by atoms with Crippen LogP contribution in [0.15, 0.2) is 72.8 Å². The lowest BCUT2D eigenvalue weighted by molar-refractivity contribution is 0.414. The second kappa shape index (κ2) is 7.66. The van der Waals surface area contributed by atoms with Gasteiger partial charge in [0, 0.05) is 29.7 Å². The van der Waals surface area contributed by atoms with E-state index in [1.54, 1.807) is 7.11 Å². The van der Waals surface area contributed by atoms with E-state index in [0.717, 1.165) is 23.9 Å². The van der Waals surface area contributed by atoms with Gasteiger partial charge in [-0.2, -0.15) is 0 Å². The summed E-state index contributed by atoms with van der Waals surface area (Å²) in [6.45, 7) is 4.26. The molecule has 1 aliphatic heterocycles. The van der Waals surface area contributed by atoms with Crippen molar-refractivity contribution in [2.24, 2.45) is 5.92 Å². The molecule has 0 radical (unpaired) electrons. The number of fused-ring (bicyclic) bond motifs is 1. The number of rotatable bonds is 4. The summed E-state index contributed by atoms with van der Waals surface area (Å²) in [5, 5.41) is 0.793. The van der Waals surface area contributed by atoms with E-state index in [9.17, 15) is 0 Å². The smallest absolute Gasteiger partial charge is 0.118 e. The molecule has 138 valence electrons. The monoisotopic (exact) mass is 377 g/mol. The Morgan fingerprint density at radius 3 is 2.44 bits per heavy atom. The Balaban J connectivity index is 1.73. The summed E-state index contributed by atoms with van der Waals surface area (Å²) in [6.07, 6.45) is 0. The lowest BCUT2D eigenvalue weighted by atomic mass is 9.77. The quantitative estimate of drug-likeness (QED) is 0.541. The molecule has 0 unspecified atom stereocenters. The number of hydrogen-bond acceptors (Lipinski definition) is 2. The number of halogens is 1. The Kier molecular flexibility index (Phi) is 5.09. The lowest BCUT2D eigenvalue weighted by Crippen LogP contribution is -2.36. The molecule has 0 bridgehead atoms. The number of methoxy groups -OCH3 is 1. The van der Waals surface area contributed by atoms with Gasteiger partial charge in [-0.3, -0.25) is 0 Å². The second-order valence-electron chi connectivity index (χ2n) is 7.30. The highest BCUT2D eigenvalue weighted by molar-refractivity contribution is 6.30. The van der Waals surface area contributed by atoms with Crippen molar-refractivity contribution >= 4 is 17.3 Å². The van der Waals surface area contributed by atoms with Crippen molar-refractivity contribution in [2.45, 2.75) is 19.4 Å². The summed E-state index contributed by atoms with van der Waals surface area (Å²) in [5.74, 6) is 1.70. The fraction of sp³-hybridized carbons (Fsp3) is 0.250. The minimum atomic E-state index is 0.330. The molecule has 2 nitrogen and oxygen atoms in total. The molecule has 1 heterocycles. The maximum Gasteiger partial charge on any atom is 0.118 e. The van der Waals surface area contributed by atoms with Gasteiger partial charge in [0.1, 0.15) is 5.75 Å². The molecule has 0 aromatic heterocycles. The molecule has 0 saturated heterocycles. The first kappa shape index (κ1) is 17.9. The van der Waals surface area contributed by atoms with Crippen molar-refractivity contribution in [2.75, 3.05) is 18.6 Å². The molecule has 3 heteroatoms. The lowest BCUT2D eigenvalue weighted by Gasteiger charge is -2.40. The predicted molar refractivity (Wildman–Crippen MR) is 113 cm³/mol. The normalized spacial score (nSPS) is 18.9. The third-order valence-corrected chi connectivity index (χ3v) is 5.67. The molecule has 0 saturated carbocycles. The number of anilines is 1. The summed E-state index contributed by atoms with van der Waals surface area (Å²) < 4.78 is 5.33. The predicted octanol–water partition coefficient (Wildman–Crippen LogP) is 6.14. The highest BCUT2D eigenvalue weighted by atomic mass is 35.5. The summed E-state index contributed by atoms with van der Waals surface area (Å²) in [4.78, 5) is 2.48. The van der Waals surface area contributed by atoms with Crippen molar-refractivity contribution in [3.8, 4) is 5.75 Å². The Morgan fingerprint density at radius 2 is 1.74 bits per heavy atom. The van der Waals surface area contributed by atoms with E-state index in [0.29, 0.717) is 11.8 Å². The fourth-order valence-corrected chi connectivity index (χ4v) is 4.37. The minimum Gasteiger partial charge on any atom is -0.497 e. The van der Waals surface area contributed by atoms with Crippen LogP contribution < -0.4 is 9.64 Å². The number of hydrogen-bond donors (Lipinski definition) is 0. The Morgan fingerprint density at radius 1 is 1.00 bits per heavy atom. The zero-order valence-corrected chi connectivity index (χ0v) is 16.5. The maximum absolute atomic E-state index is 6.39. The molecule has 2 atom stereocenters. The zero-order chi connectivity index (χ0) is 18.8.